The molecular formula is C13H14FNS. The van der Waals surface area contributed by atoms with E-state index in [0.29, 0.717) is 0 Å². The fourth-order valence-corrected chi connectivity index (χ4v) is 2.82. The van der Waals surface area contributed by atoms with Crippen molar-refractivity contribution in [2.24, 2.45) is 0 Å². The van der Waals surface area contributed by atoms with E-state index in [9.17, 15) is 4.39 Å². The van der Waals surface area contributed by atoms with Crippen molar-refractivity contribution in [2.75, 3.05) is 7.05 Å². The lowest BCUT2D eigenvalue weighted by molar-refractivity contribution is 0.628. The third kappa shape index (κ3) is 2.15. The molecule has 0 amide bonds. The van der Waals surface area contributed by atoms with Crippen LogP contribution in [-0.2, 0) is 6.54 Å². The maximum absolute atomic E-state index is 13.1. The molecule has 84 valence electrons. The first-order chi connectivity index (χ1) is 7.72. The van der Waals surface area contributed by atoms with Gasteiger partial charge in [-0.1, -0.05) is 12.1 Å². The molecule has 1 nitrogen and oxygen atoms in total. The molecule has 0 saturated heterocycles. The summed E-state index contributed by atoms with van der Waals surface area (Å²) in [6.07, 6.45) is 0. The van der Waals surface area contributed by atoms with Gasteiger partial charge >= 0.3 is 0 Å². The number of benzene rings is 1. The van der Waals surface area contributed by atoms with Crippen LogP contribution in [0.3, 0.4) is 0 Å². The molecule has 0 aliphatic heterocycles. The highest BCUT2D eigenvalue weighted by Gasteiger charge is 2.09. The van der Waals surface area contributed by atoms with Crippen LogP contribution in [0.2, 0.25) is 0 Å². The van der Waals surface area contributed by atoms with E-state index in [1.165, 1.54) is 17.2 Å². The average molecular weight is 235 g/mol. The molecule has 0 bridgehead atoms. The highest BCUT2D eigenvalue weighted by Crippen LogP contribution is 2.32. The molecule has 0 spiro atoms. The molecule has 1 heterocycles. The Balaban J connectivity index is 2.41. The standard InChI is InChI=1S/C13H14FNS/c1-9-11(7-15-2)8-16-13(9)10-4-3-5-12(14)6-10/h3-6,8,15H,7H2,1-2H3. The predicted molar refractivity (Wildman–Crippen MR) is 67.2 cm³/mol. The van der Waals surface area contributed by atoms with Gasteiger partial charge in [0, 0.05) is 11.4 Å². The van der Waals surface area contributed by atoms with Gasteiger partial charge in [0.1, 0.15) is 5.82 Å². The summed E-state index contributed by atoms with van der Waals surface area (Å²) in [6, 6.07) is 6.76. The Morgan fingerprint density at radius 2 is 2.19 bits per heavy atom. The molecule has 0 atom stereocenters. The first kappa shape index (κ1) is 11.3. The predicted octanol–water partition coefficient (Wildman–Crippen LogP) is 3.58. The summed E-state index contributed by atoms with van der Waals surface area (Å²) in [7, 11) is 1.93. The van der Waals surface area contributed by atoms with Gasteiger partial charge in [0.2, 0.25) is 0 Å². The van der Waals surface area contributed by atoms with Gasteiger partial charge in [0.15, 0.2) is 0 Å². The fourth-order valence-electron chi connectivity index (χ4n) is 1.73. The SMILES string of the molecule is CNCc1csc(-c2cccc(F)c2)c1C. The molecule has 2 aromatic rings. The second kappa shape index (κ2) is 4.76. The minimum atomic E-state index is -0.180. The number of hydrogen-bond donors (Lipinski definition) is 1. The normalized spacial score (nSPS) is 10.7. The highest BCUT2D eigenvalue weighted by molar-refractivity contribution is 7.14. The Morgan fingerprint density at radius 1 is 1.38 bits per heavy atom. The number of rotatable bonds is 3. The zero-order chi connectivity index (χ0) is 11.5. The van der Waals surface area contributed by atoms with Crippen LogP contribution in [0.1, 0.15) is 11.1 Å². The number of nitrogens with one attached hydrogen (secondary N) is 1. The quantitative estimate of drug-likeness (QED) is 0.857. The molecule has 2 rings (SSSR count). The van der Waals surface area contributed by atoms with Gasteiger partial charge in [-0.3, -0.25) is 0 Å². The minimum absolute atomic E-state index is 0.180. The molecule has 0 radical (unpaired) electrons. The van der Waals surface area contributed by atoms with E-state index in [-0.39, 0.29) is 5.82 Å². The second-order valence-corrected chi connectivity index (χ2v) is 4.64. The van der Waals surface area contributed by atoms with Crippen LogP contribution in [0.25, 0.3) is 10.4 Å². The van der Waals surface area contributed by atoms with Crippen LogP contribution >= 0.6 is 11.3 Å². The van der Waals surface area contributed by atoms with Crippen molar-refractivity contribution < 1.29 is 4.39 Å². The largest absolute Gasteiger partial charge is 0.316 e. The summed E-state index contributed by atoms with van der Waals surface area (Å²) >= 11 is 1.67. The highest BCUT2D eigenvalue weighted by atomic mass is 32.1. The summed E-state index contributed by atoms with van der Waals surface area (Å²) in [5.74, 6) is -0.180. The topological polar surface area (TPSA) is 12.0 Å². The van der Waals surface area contributed by atoms with E-state index in [0.717, 1.165) is 17.0 Å². The van der Waals surface area contributed by atoms with Crippen molar-refractivity contribution in [3.05, 3.63) is 46.6 Å². The molecular weight excluding hydrogens is 221 g/mol. The molecule has 0 fully saturated rings. The van der Waals surface area contributed by atoms with Crippen LogP contribution in [-0.4, -0.2) is 7.05 Å². The van der Waals surface area contributed by atoms with Gasteiger partial charge in [-0.05, 0) is 48.2 Å². The Bertz CT molecular complexity index is 490. The fraction of sp³-hybridized carbons (Fsp3) is 0.231. The number of hydrogen-bond acceptors (Lipinski definition) is 2. The Hall–Kier alpha value is -1.19. The first-order valence-corrected chi connectivity index (χ1v) is 6.08. The summed E-state index contributed by atoms with van der Waals surface area (Å²) < 4.78 is 13.1. The Kier molecular flexibility index (Phi) is 3.36. The van der Waals surface area contributed by atoms with E-state index < -0.39 is 0 Å². The van der Waals surface area contributed by atoms with Gasteiger partial charge < -0.3 is 5.32 Å². The maximum atomic E-state index is 13.1. The molecule has 0 unspecified atom stereocenters. The Labute approximate surface area is 98.9 Å². The van der Waals surface area contributed by atoms with Crippen molar-refractivity contribution in [3.8, 4) is 10.4 Å². The molecule has 0 aliphatic carbocycles. The lowest BCUT2D eigenvalue weighted by atomic mass is 10.1. The van der Waals surface area contributed by atoms with Gasteiger partial charge in [-0.2, -0.15) is 0 Å². The third-order valence-corrected chi connectivity index (χ3v) is 3.78. The monoisotopic (exact) mass is 235 g/mol. The van der Waals surface area contributed by atoms with E-state index in [1.54, 1.807) is 23.5 Å². The van der Waals surface area contributed by atoms with E-state index in [4.69, 9.17) is 0 Å². The maximum Gasteiger partial charge on any atom is 0.123 e. The van der Waals surface area contributed by atoms with E-state index in [1.807, 2.05) is 13.1 Å². The van der Waals surface area contributed by atoms with E-state index >= 15 is 0 Å². The molecule has 1 N–H and O–H groups in total. The van der Waals surface area contributed by atoms with Crippen LogP contribution in [0.5, 0.6) is 0 Å². The molecule has 1 aromatic heterocycles. The van der Waals surface area contributed by atoms with Crippen molar-refractivity contribution in [2.45, 2.75) is 13.5 Å². The smallest absolute Gasteiger partial charge is 0.123 e. The lowest BCUT2D eigenvalue weighted by Gasteiger charge is -2.02. The second-order valence-electron chi connectivity index (χ2n) is 3.76. The molecule has 3 heteroatoms. The zero-order valence-electron chi connectivity index (χ0n) is 9.38. The van der Waals surface area contributed by atoms with Crippen LogP contribution in [0.4, 0.5) is 4.39 Å². The number of thiophene rings is 1. The number of halogens is 1. The lowest BCUT2D eigenvalue weighted by Crippen LogP contribution is -2.04. The van der Waals surface area contributed by atoms with Crippen molar-refractivity contribution >= 4 is 11.3 Å². The minimum Gasteiger partial charge on any atom is -0.316 e. The first-order valence-electron chi connectivity index (χ1n) is 5.20. The third-order valence-electron chi connectivity index (χ3n) is 2.60. The van der Waals surface area contributed by atoms with Gasteiger partial charge in [-0.15, -0.1) is 11.3 Å². The molecule has 0 saturated carbocycles. The summed E-state index contributed by atoms with van der Waals surface area (Å²) in [6.45, 7) is 2.95. The van der Waals surface area contributed by atoms with Crippen molar-refractivity contribution in [1.29, 1.82) is 0 Å². The summed E-state index contributed by atoms with van der Waals surface area (Å²) in [5.41, 5.74) is 3.49. The van der Waals surface area contributed by atoms with Crippen molar-refractivity contribution in [1.82, 2.24) is 5.32 Å². The van der Waals surface area contributed by atoms with E-state index in [2.05, 4.69) is 17.6 Å². The van der Waals surface area contributed by atoms with Crippen LogP contribution < -0.4 is 5.32 Å². The summed E-state index contributed by atoms with van der Waals surface area (Å²) in [4.78, 5) is 1.16. The molecule has 0 aliphatic rings. The van der Waals surface area contributed by atoms with Gasteiger partial charge in [0.05, 0.1) is 0 Å². The van der Waals surface area contributed by atoms with Gasteiger partial charge in [-0.25, -0.2) is 4.39 Å². The summed E-state index contributed by atoms with van der Waals surface area (Å²) in [5, 5.41) is 5.26. The van der Waals surface area contributed by atoms with Crippen LogP contribution in [0, 0.1) is 12.7 Å². The van der Waals surface area contributed by atoms with Crippen LogP contribution in [0.15, 0.2) is 29.6 Å². The average Bonchev–Trinajstić information content (AvgIpc) is 2.61. The molecule has 1 aromatic carbocycles. The Morgan fingerprint density at radius 3 is 2.88 bits per heavy atom. The van der Waals surface area contributed by atoms with Crippen molar-refractivity contribution in [3.63, 3.8) is 0 Å². The van der Waals surface area contributed by atoms with Gasteiger partial charge in [0.25, 0.3) is 0 Å². The molecule has 16 heavy (non-hydrogen) atoms. The zero-order valence-corrected chi connectivity index (χ0v) is 10.2.